The van der Waals surface area contributed by atoms with Gasteiger partial charge >= 0.3 is 0 Å². The van der Waals surface area contributed by atoms with Crippen molar-refractivity contribution >= 4 is 22.9 Å². The molecule has 1 N–H and O–H groups in total. The average Bonchev–Trinajstić information content (AvgIpc) is 2.77. The molecule has 3 nitrogen and oxygen atoms in total. The van der Waals surface area contributed by atoms with Crippen LogP contribution in [0.5, 0.6) is 5.75 Å². The Kier molecular flexibility index (Phi) is 4.58. The number of methoxy groups -OCH3 is 1. The minimum atomic E-state index is 0.668. The highest BCUT2D eigenvalue weighted by atomic mass is 35.5. The lowest BCUT2D eigenvalue weighted by molar-refractivity contribution is 0.407. The third kappa shape index (κ3) is 3.22. The molecular weight excluding hydrogens is 268 g/mol. The Labute approximate surface area is 116 Å². The zero-order valence-corrected chi connectivity index (χ0v) is 11.9. The molecule has 0 aliphatic rings. The second-order valence-corrected chi connectivity index (χ2v) is 5.62. The first-order chi connectivity index (χ1) is 8.70. The number of rotatable bonds is 5. The SMILES string of the molecule is COc1cccc(Cl)c1CNCc1ncc(C)s1. The molecule has 0 spiro atoms. The van der Waals surface area contributed by atoms with E-state index in [4.69, 9.17) is 16.3 Å². The summed E-state index contributed by atoms with van der Waals surface area (Å²) in [5, 5.41) is 5.13. The van der Waals surface area contributed by atoms with Crippen LogP contribution in [-0.2, 0) is 13.1 Å². The fraction of sp³-hybridized carbons (Fsp3) is 0.308. The van der Waals surface area contributed by atoms with Crippen LogP contribution in [0.1, 0.15) is 15.4 Å². The summed E-state index contributed by atoms with van der Waals surface area (Å²) in [5.74, 6) is 0.810. The lowest BCUT2D eigenvalue weighted by Crippen LogP contribution is -2.13. The summed E-state index contributed by atoms with van der Waals surface area (Å²) < 4.78 is 5.30. The number of benzene rings is 1. The maximum absolute atomic E-state index is 6.16. The molecule has 0 fully saturated rings. The van der Waals surface area contributed by atoms with Gasteiger partial charge in [0.15, 0.2) is 0 Å². The van der Waals surface area contributed by atoms with Gasteiger partial charge in [0.2, 0.25) is 0 Å². The predicted molar refractivity (Wildman–Crippen MR) is 75.4 cm³/mol. The van der Waals surface area contributed by atoms with Crippen molar-refractivity contribution in [1.82, 2.24) is 10.3 Å². The lowest BCUT2D eigenvalue weighted by atomic mass is 10.2. The Morgan fingerprint density at radius 3 is 2.89 bits per heavy atom. The van der Waals surface area contributed by atoms with Crippen LogP contribution in [0.15, 0.2) is 24.4 Å². The highest BCUT2D eigenvalue weighted by Crippen LogP contribution is 2.26. The van der Waals surface area contributed by atoms with Crippen molar-refractivity contribution in [2.24, 2.45) is 0 Å². The van der Waals surface area contributed by atoms with Gasteiger partial charge in [-0.05, 0) is 19.1 Å². The summed E-state index contributed by atoms with van der Waals surface area (Å²) in [6.07, 6.45) is 1.89. The summed E-state index contributed by atoms with van der Waals surface area (Å²) in [6, 6.07) is 5.67. The smallest absolute Gasteiger partial charge is 0.124 e. The molecule has 0 atom stereocenters. The molecule has 1 aromatic carbocycles. The molecule has 0 bridgehead atoms. The van der Waals surface area contributed by atoms with E-state index in [1.165, 1.54) is 4.88 Å². The third-order valence-electron chi connectivity index (χ3n) is 2.54. The molecule has 2 rings (SSSR count). The monoisotopic (exact) mass is 282 g/mol. The van der Waals surface area contributed by atoms with Crippen molar-refractivity contribution < 1.29 is 4.74 Å². The molecule has 0 radical (unpaired) electrons. The van der Waals surface area contributed by atoms with Crippen molar-refractivity contribution in [3.63, 3.8) is 0 Å². The van der Waals surface area contributed by atoms with E-state index in [2.05, 4.69) is 17.2 Å². The number of hydrogen-bond acceptors (Lipinski definition) is 4. The number of aryl methyl sites for hydroxylation is 1. The minimum Gasteiger partial charge on any atom is -0.496 e. The number of hydrogen-bond donors (Lipinski definition) is 1. The van der Waals surface area contributed by atoms with E-state index in [-0.39, 0.29) is 0 Å². The first-order valence-corrected chi connectivity index (χ1v) is 6.83. The molecule has 0 amide bonds. The molecule has 0 aliphatic heterocycles. The Hall–Kier alpha value is -1.10. The molecule has 1 heterocycles. The molecule has 96 valence electrons. The zero-order chi connectivity index (χ0) is 13.0. The first-order valence-electron chi connectivity index (χ1n) is 5.64. The van der Waals surface area contributed by atoms with Gasteiger partial charge in [-0.2, -0.15) is 0 Å². The summed E-state index contributed by atoms with van der Waals surface area (Å²) in [6.45, 7) is 3.46. The van der Waals surface area contributed by atoms with Crippen LogP contribution in [0.4, 0.5) is 0 Å². The van der Waals surface area contributed by atoms with Crippen molar-refractivity contribution in [3.05, 3.63) is 44.9 Å². The van der Waals surface area contributed by atoms with Crippen LogP contribution >= 0.6 is 22.9 Å². The average molecular weight is 283 g/mol. The quantitative estimate of drug-likeness (QED) is 0.913. The second kappa shape index (κ2) is 6.18. The summed E-state index contributed by atoms with van der Waals surface area (Å²) in [7, 11) is 1.65. The van der Waals surface area contributed by atoms with Crippen LogP contribution in [0.3, 0.4) is 0 Å². The van der Waals surface area contributed by atoms with Gasteiger partial charge in [-0.25, -0.2) is 4.98 Å². The van der Waals surface area contributed by atoms with Gasteiger partial charge in [0.1, 0.15) is 10.8 Å². The van der Waals surface area contributed by atoms with E-state index >= 15 is 0 Å². The number of nitrogens with one attached hydrogen (secondary N) is 1. The van der Waals surface area contributed by atoms with Gasteiger partial charge in [-0.15, -0.1) is 11.3 Å². The Bertz CT molecular complexity index is 527. The minimum absolute atomic E-state index is 0.668. The molecule has 0 saturated carbocycles. The number of ether oxygens (including phenoxy) is 1. The molecule has 2 aromatic rings. The van der Waals surface area contributed by atoms with Crippen LogP contribution in [0, 0.1) is 6.92 Å². The second-order valence-electron chi connectivity index (χ2n) is 3.89. The van der Waals surface area contributed by atoms with Crippen molar-refractivity contribution in [1.29, 1.82) is 0 Å². The fourth-order valence-corrected chi connectivity index (χ4v) is 2.67. The van der Waals surface area contributed by atoms with Gasteiger partial charge in [-0.3, -0.25) is 0 Å². The van der Waals surface area contributed by atoms with E-state index in [0.717, 1.165) is 27.9 Å². The van der Waals surface area contributed by atoms with Crippen molar-refractivity contribution in [2.45, 2.75) is 20.0 Å². The maximum atomic E-state index is 6.16. The van der Waals surface area contributed by atoms with Crippen LogP contribution in [0.25, 0.3) is 0 Å². The third-order valence-corrected chi connectivity index (χ3v) is 3.81. The molecule has 5 heteroatoms. The molecule has 0 unspecified atom stereocenters. The maximum Gasteiger partial charge on any atom is 0.124 e. The normalized spacial score (nSPS) is 10.6. The summed E-state index contributed by atoms with van der Waals surface area (Å²) in [5.41, 5.74) is 0.981. The highest BCUT2D eigenvalue weighted by molar-refractivity contribution is 7.11. The van der Waals surface area contributed by atoms with Gasteiger partial charge in [0.05, 0.1) is 7.11 Å². The van der Waals surface area contributed by atoms with Crippen LogP contribution in [-0.4, -0.2) is 12.1 Å². The Morgan fingerprint density at radius 1 is 1.39 bits per heavy atom. The van der Waals surface area contributed by atoms with Crippen LogP contribution in [0.2, 0.25) is 5.02 Å². The first kappa shape index (κ1) is 13.3. The van der Waals surface area contributed by atoms with E-state index < -0.39 is 0 Å². The molecular formula is C13H15ClN2OS. The van der Waals surface area contributed by atoms with Crippen molar-refractivity contribution in [2.75, 3.05) is 7.11 Å². The highest BCUT2D eigenvalue weighted by Gasteiger charge is 2.07. The van der Waals surface area contributed by atoms with E-state index in [1.54, 1.807) is 18.4 Å². The summed E-state index contributed by atoms with van der Waals surface area (Å²) >= 11 is 7.86. The molecule has 0 aliphatic carbocycles. The van der Waals surface area contributed by atoms with Crippen LogP contribution < -0.4 is 10.1 Å². The topological polar surface area (TPSA) is 34.1 Å². The standard InChI is InChI=1S/C13H15ClN2OS/c1-9-6-16-13(18-9)8-15-7-10-11(14)4-3-5-12(10)17-2/h3-6,15H,7-8H2,1-2H3. The van der Waals surface area contributed by atoms with E-state index in [9.17, 15) is 0 Å². The zero-order valence-electron chi connectivity index (χ0n) is 10.4. The van der Waals surface area contributed by atoms with Gasteiger partial charge in [-0.1, -0.05) is 17.7 Å². The summed E-state index contributed by atoms with van der Waals surface area (Å²) in [4.78, 5) is 5.53. The number of halogens is 1. The Balaban J connectivity index is 1.98. The number of nitrogens with zero attached hydrogens (tertiary/aromatic N) is 1. The largest absolute Gasteiger partial charge is 0.496 e. The van der Waals surface area contributed by atoms with E-state index in [1.807, 2.05) is 24.4 Å². The molecule has 0 saturated heterocycles. The lowest BCUT2D eigenvalue weighted by Gasteiger charge is -2.10. The predicted octanol–water partition coefficient (Wildman–Crippen LogP) is 3.40. The number of aromatic nitrogens is 1. The fourth-order valence-electron chi connectivity index (χ4n) is 1.68. The molecule has 18 heavy (non-hydrogen) atoms. The number of thiazole rings is 1. The van der Waals surface area contributed by atoms with Crippen molar-refractivity contribution in [3.8, 4) is 5.75 Å². The van der Waals surface area contributed by atoms with Gasteiger partial charge in [0, 0.05) is 34.7 Å². The molecule has 1 aromatic heterocycles. The van der Waals surface area contributed by atoms with Gasteiger partial charge < -0.3 is 10.1 Å². The van der Waals surface area contributed by atoms with Gasteiger partial charge in [0.25, 0.3) is 0 Å². The van der Waals surface area contributed by atoms with E-state index in [0.29, 0.717) is 6.54 Å². The Morgan fingerprint density at radius 2 is 2.22 bits per heavy atom.